The van der Waals surface area contributed by atoms with Crippen LogP contribution in [0.25, 0.3) is 11.1 Å². The van der Waals surface area contributed by atoms with Crippen molar-refractivity contribution in [3.8, 4) is 11.1 Å². The second-order valence-corrected chi connectivity index (χ2v) is 3.14. The van der Waals surface area contributed by atoms with E-state index < -0.39 is 0 Å². The Labute approximate surface area is 87.5 Å². The molecule has 0 radical (unpaired) electrons. The van der Waals surface area contributed by atoms with Gasteiger partial charge in [-0.1, -0.05) is 12.1 Å². The van der Waals surface area contributed by atoms with Gasteiger partial charge in [0, 0.05) is 16.9 Å². The molecule has 1 aromatic carbocycles. The fourth-order valence-corrected chi connectivity index (χ4v) is 1.37. The normalized spacial score (nSPS) is 10.0. The summed E-state index contributed by atoms with van der Waals surface area (Å²) < 4.78 is 14.3. The first-order chi connectivity index (χ1) is 7.29. The van der Waals surface area contributed by atoms with Crippen LogP contribution in [0.2, 0.25) is 0 Å². The Bertz CT molecular complexity index is 436. The molecule has 1 aromatic heterocycles. The highest BCUT2D eigenvalue weighted by molar-refractivity contribution is 5.61. The summed E-state index contributed by atoms with van der Waals surface area (Å²) in [7, 11) is 1.59. The zero-order valence-electron chi connectivity index (χ0n) is 8.35. The number of hydrogen-bond donors (Lipinski definition) is 0. The van der Waals surface area contributed by atoms with E-state index in [0.717, 1.165) is 11.1 Å². The summed E-state index contributed by atoms with van der Waals surface area (Å²) in [6, 6.07) is 10.2. The molecular formula is C12H11FNO+. The monoisotopic (exact) mass is 204 g/mol. The number of halogens is 1. The van der Waals surface area contributed by atoms with Gasteiger partial charge in [0.2, 0.25) is 12.4 Å². The van der Waals surface area contributed by atoms with Crippen LogP contribution >= 0.6 is 0 Å². The molecule has 2 rings (SSSR count). The SMILES string of the molecule is CO[n+]1ccc(-c2ccc(F)cc2)cc1. The molecule has 0 unspecified atom stereocenters. The van der Waals surface area contributed by atoms with Crippen LogP contribution in [0.3, 0.4) is 0 Å². The molecule has 0 aliphatic rings. The summed E-state index contributed by atoms with van der Waals surface area (Å²) in [6.45, 7) is 0. The average Bonchev–Trinajstić information content (AvgIpc) is 2.30. The minimum Gasteiger partial charge on any atom is -0.275 e. The molecule has 15 heavy (non-hydrogen) atoms. The topological polar surface area (TPSA) is 13.1 Å². The Kier molecular flexibility index (Phi) is 2.63. The van der Waals surface area contributed by atoms with Crippen molar-refractivity contribution in [3.05, 3.63) is 54.6 Å². The van der Waals surface area contributed by atoms with Crippen LogP contribution < -0.4 is 9.57 Å². The van der Waals surface area contributed by atoms with E-state index >= 15 is 0 Å². The van der Waals surface area contributed by atoms with Gasteiger partial charge in [0.1, 0.15) is 12.9 Å². The van der Waals surface area contributed by atoms with Crippen molar-refractivity contribution in [1.82, 2.24) is 0 Å². The lowest BCUT2D eigenvalue weighted by Crippen LogP contribution is -2.39. The van der Waals surface area contributed by atoms with E-state index in [1.807, 2.05) is 12.1 Å². The predicted molar refractivity (Wildman–Crippen MR) is 54.5 cm³/mol. The Hall–Kier alpha value is -1.90. The number of benzene rings is 1. The van der Waals surface area contributed by atoms with Gasteiger partial charge in [0.05, 0.1) is 0 Å². The number of pyridine rings is 1. The molecule has 0 aliphatic heterocycles. The van der Waals surface area contributed by atoms with Crippen LogP contribution in [0, 0.1) is 5.82 Å². The lowest BCUT2D eigenvalue weighted by molar-refractivity contribution is -0.885. The fourth-order valence-electron chi connectivity index (χ4n) is 1.37. The Balaban J connectivity index is 2.33. The highest BCUT2D eigenvalue weighted by atomic mass is 19.1. The molecule has 1 heterocycles. The van der Waals surface area contributed by atoms with Gasteiger partial charge in [-0.05, 0) is 23.3 Å². The van der Waals surface area contributed by atoms with Crippen LogP contribution in [0.15, 0.2) is 48.8 Å². The molecule has 0 saturated carbocycles. The maximum absolute atomic E-state index is 12.7. The summed E-state index contributed by atoms with van der Waals surface area (Å²) in [5.41, 5.74) is 2.02. The zero-order valence-corrected chi connectivity index (χ0v) is 8.35. The zero-order chi connectivity index (χ0) is 10.7. The van der Waals surface area contributed by atoms with Crippen molar-refractivity contribution in [1.29, 1.82) is 0 Å². The van der Waals surface area contributed by atoms with Crippen molar-refractivity contribution in [2.75, 3.05) is 7.11 Å². The Morgan fingerprint density at radius 3 is 2.00 bits per heavy atom. The lowest BCUT2D eigenvalue weighted by Gasteiger charge is -1.99. The number of aromatic nitrogens is 1. The molecule has 0 saturated heterocycles. The van der Waals surface area contributed by atoms with E-state index in [2.05, 4.69) is 0 Å². The molecule has 2 aromatic rings. The number of rotatable bonds is 2. The summed E-state index contributed by atoms with van der Waals surface area (Å²) in [6.07, 6.45) is 3.61. The van der Waals surface area contributed by atoms with Crippen LogP contribution in [0.1, 0.15) is 0 Å². The second-order valence-electron chi connectivity index (χ2n) is 3.14. The first-order valence-electron chi connectivity index (χ1n) is 4.61. The Morgan fingerprint density at radius 2 is 1.47 bits per heavy atom. The van der Waals surface area contributed by atoms with Gasteiger partial charge < -0.3 is 0 Å². The van der Waals surface area contributed by atoms with E-state index in [-0.39, 0.29) is 5.82 Å². The van der Waals surface area contributed by atoms with Crippen molar-refractivity contribution in [2.24, 2.45) is 0 Å². The fraction of sp³-hybridized carbons (Fsp3) is 0.0833. The Morgan fingerprint density at radius 1 is 0.933 bits per heavy atom. The lowest BCUT2D eigenvalue weighted by atomic mass is 10.1. The van der Waals surface area contributed by atoms with Gasteiger partial charge in [-0.25, -0.2) is 4.39 Å². The summed E-state index contributed by atoms with van der Waals surface area (Å²) in [4.78, 5) is 4.98. The molecule has 0 fully saturated rings. The third-order valence-corrected chi connectivity index (χ3v) is 2.19. The van der Waals surface area contributed by atoms with E-state index in [1.54, 1.807) is 36.4 Å². The van der Waals surface area contributed by atoms with E-state index in [4.69, 9.17) is 4.84 Å². The first kappa shape index (κ1) is 9.65. The molecule has 0 amide bonds. The minimum atomic E-state index is -0.221. The van der Waals surface area contributed by atoms with Gasteiger partial charge in [0.25, 0.3) is 0 Å². The molecule has 0 atom stereocenters. The van der Waals surface area contributed by atoms with Crippen LogP contribution in [-0.4, -0.2) is 7.11 Å². The van der Waals surface area contributed by atoms with Crippen molar-refractivity contribution in [2.45, 2.75) is 0 Å². The van der Waals surface area contributed by atoms with E-state index in [9.17, 15) is 4.39 Å². The molecule has 0 bridgehead atoms. The summed E-state index contributed by atoms with van der Waals surface area (Å²) >= 11 is 0. The van der Waals surface area contributed by atoms with Gasteiger partial charge >= 0.3 is 0 Å². The third kappa shape index (κ3) is 2.13. The van der Waals surface area contributed by atoms with Crippen LogP contribution in [0.4, 0.5) is 4.39 Å². The van der Waals surface area contributed by atoms with Crippen molar-refractivity contribution >= 4 is 0 Å². The third-order valence-electron chi connectivity index (χ3n) is 2.19. The molecule has 0 N–H and O–H groups in total. The molecule has 0 spiro atoms. The van der Waals surface area contributed by atoms with Gasteiger partial charge in [0.15, 0.2) is 0 Å². The highest BCUT2D eigenvalue weighted by Crippen LogP contribution is 2.17. The quantitative estimate of drug-likeness (QED) is 0.680. The maximum atomic E-state index is 12.7. The number of hydrogen-bond acceptors (Lipinski definition) is 1. The highest BCUT2D eigenvalue weighted by Gasteiger charge is 2.02. The van der Waals surface area contributed by atoms with Crippen LogP contribution in [0.5, 0.6) is 0 Å². The minimum absolute atomic E-state index is 0.221. The summed E-state index contributed by atoms with van der Waals surface area (Å²) in [5, 5.41) is 0. The smallest absolute Gasteiger partial charge is 0.223 e. The standard InChI is InChI=1S/C12H11FNO/c1-15-14-8-6-11(7-9-14)10-2-4-12(13)5-3-10/h2-9H,1H3/q+1. The first-order valence-corrected chi connectivity index (χ1v) is 4.61. The van der Waals surface area contributed by atoms with E-state index in [1.165, 1.54) is 12.1 Å². The van der Waals surface area contributed by atoms with Crippen molar-refractivity contribution < 1.29 is 14.0 Å². The maximum Gasteiger partial charge on any atom is 0.223 e. The predicted octanol–water partition coefficient (Wildman–Crippen LogP) is 1.84. The van der Waals surface area contributed by atoms with Crippen LogP contribution in [-0.2, 0) is 0 Å². The summed E-state index contributed by atoms with van der Waals surface area (Å²) in [5.74, 6) is -0.221. The van der Waals surface area contributed by atoms with Gasteiger partial charge in [-0.2, -0.15) is 0 Å². The van der Waals surface area contributed by atoms with Gasteiger partial charge in [-0.15, -0.1) is 0 Å². The molecule has 3 heteroatoms. The molecule has 76 valence electrons. The largest absolute Gasteiger partial charge is 0.275 e. The average molecular weight is 204 g/mol. The van der Waals surface area contributed by atoms with E-state index in [0.29, 0.717) is 0 Å². The second kappa shape index (κ2) is 4.09. The van der Waals surface area contributed by atoms with Gasteiger partial charge in [-0.3, -0.25) is 4.84 Å². The molecule has 2 nitrogen and oxygen atoms in total. The molecular weight excluding hydrogens is 193 g/mol. The van der Waals surface area contributed by atoms with Crippen molar-refractivity contribution in [3.63, 3.8) is 0 Å². The number of nitrogens with zero attached hydrogens (tertiary/aromatic N) is 1. The molecule has 0 aliphatic carbocycles.